The Morgan fingerprint density at radius 3 is 2.31 bits per heavy atom. The summed E-state index contributed by atoms with van der Waals surface area (Å²) in [5, 5.41) is 7.23. The molecule has 0 spiro atoms. The van der Waals surface area contributed by atoms with Gasteiger partial charge in [-0.15, -0.1) is 35.7 Å². The Bertz CT molecular complexity index is 2290. The van der Waals surface area contributed by atoms with Gasteiger partial charge < -0.3 is 9.30 Å². The zero-order valence-electron chi connectivity index (χ0n) is 30.7. The van der Waals surface area contributed by atoms with Gasteiger partial charge in [-0.1, -0.05) is 82.6 Å². The second-order valence-electron chi connectivity index (χ2n) is 15.1. The molecule has 5 nitrogen and oxygen atoms in total. The number of fused-ring (bicyclic) bond motifs is 3. The molecule has 51 heavy (non-hydrogen) atoms. The normalized spacial score (nSPS) is 11.8. The van der Waals surface area contributed by atoms with Crippen molar-refractivity contribution in [1.82, 2.24) is 19.3 Å². The van der Waals surface area contributed by atoms with Gasteiger partial charge in [0.25, 0.3) is 0 Å². The zero-order valence-corrected chi connectivity index (χ0v) is 32.9. The minimum atomic E-state index is 0. The molecule has 0 atom stereocenters. The van der Waals surface area contributed by atoms with Crippen molar-refractivity contribution in [3.05, 3.63) is 132 Å². The third-order valence-corrected chi connectivity index (χ3v) is 9.48. The molecule has 262 valence electrons. The summed E-state index contributed by atoms with van der Waals surface area (Å²) in [7, 11) is 0. The van der Waals surface area contributed by atoms with Crippen LogP contribution in [0.25, 0.3) is 44.4 Å². The summed E-state index contributed by atoms with van der Waals surface area (Å²) in [5.41, 5.74) is 10.1. The second kappa shape index (κ2) is 15.0. The number of nitrogens with zero attached hydrogens (tertiary/aromatic N) is 4. The summed E-state index contributed by atoms with van der Waals surface area (Å²) >= 11 is 0. The number of pyridine rings is 1. The maximum absolute atomic E-state index is 6.50. The van der Waals surface area contributed by atoms with E-state index < -0.39 is 0 Å². The summed E-state index contributed by atoms with van der Waals surface area (Å²) in [6.45, 7) is 15.6. The number of hydrogen-bond acceptors (Lipinski definition) is 3. The molecule has 0 saturated heterocycles. The van der Waals surface area contributed by atoms with E-state index in [0.717, 1.165) is 76.1 Å². The summed E-state index contributed by atoms with van der Waals surface area (Å²) < 4.78 is 10.7. The van der Waals surface area contributed by atoms with Gasteiger partial charge in [-0.05, 0) is 96.8 Å². The Kier molecular flexibility index (Phi) is 10.7. The van der Waals surface area contributed by atoms with E-state index in [1.165, 1.54) is 16.5 Å². The van der Waals surface area contributed by atoms with Crippen LogP contribution in [0.5, 0.6) is 11.5 Å². The largest absolute Gasteiger partial charge is 2.00 e. The molecule has 0 radical (unpaired) electrons. The van der Waals surface area contributed by atoms with Crippen molar-refractivity contribution in [2.24, 2.45) is 11.3 Å². The number of aromatic nitrogens is 4. The summed E-state index contributed by atoms with van der Waals surface area (Å²) in [4.78, 5) is 4.88. The van der Waals surface area contributed by atoms with Gasteiger partial charge in [0, 0.05) is 34.5 Å². The van der Waals surface area contributed by atoms with E-state index in [1.54, 1.807) is 0 Å². The molecule has 7 rings (SSSR count). The molecule has 0 aliphatic carbocycles. The first-order valence-electron chi connectivity index (χ1n) is 17.8. The number of hydrogen-bond donors (Lipinski definition) is 0. The van der Waals surface area contributed by atoms with Gasteiger partial charge in [-0.2, -0.15) is 17.2 Å². The van der Waals surface area contributed by atoms with Gasteiger partial charge >= 0.3 is 21.1 Å². The topological polar surface area (TPSA) is 44.9 Å². The monoisotopic (exact) mass is 853 g/mol. The fraction of sp³-hybridized carbons (Fsp3) is 0.289. The average molecular weight is 854 g/mol. The Hall–Kier alpha value is -4.47. The first-order valence-corrected chi connectivity index (χ1v) is 17.8. The maximum Gasteiger partial charge on any atom is 2.00 e. The molecule has 6 heteroatoms. The molecule has 3 heterocycles. The molecule has 0 fully saturated rings. The Morgan fingerprint density at radius 1 is 0.784 bits per heavy atom. The average Bonchev–Trinajstić information content (AvgIpc) is 3.58. The van der Waals surface area contributed by atoms with E-state index in [1.807, 2.05) is 41.2 Å². The number of aryl methyl sites for hydroxylation is 3. The van der Waals surface area contributed by atoms with Crippen molar-refractivity contribution in [3.63, 3.8) is 0 Å². The first kappa shape index (κ1) is 36.3. The van der Waals surface area contributed by atoms with Crippen molar-refractivity contribution >= 4 is 21.8 Å². The summed E-state index contributed by atoms with van der Waals surface area (Å²) in [6, 6.07) is 38.9. The summed E-state index contributed by atoms with van der Waals surface area (Å²) in [6.07, 6.45) is 6.26. The Balaban J connectivity index is 0.00000448. The molecule has 0 saturated carbocycles. The van der Waals surface area contributed by atoms with E-state index in [-0.39, 0.29) is 26.5 Å². The minimum absolute atomic E-state index is 0. The fourth-order valence-electron chi connectivity index (χ4n) is 6.78. The van der Waals surface area contributed by atoms with E-state index in [2.05, 4.69) is 126 Å². The van der Waals surface area contributed by atoms with Crippen molar-refractivity contribution in [1.29, 1.82) is 0 Å². The van der Waals surface area contributed by atoms with Crippen molar-refractivity contribution in [2.75, 3.05) is 0 Å². The first-order chi connectivity index (χ1) is 24.0. The number of ether oxygens (including phenoxy) is 1. The van der Waals surface area contributed by atoms with Crippen LogP contribution in [0.4, 0.5) is 0 Å². The third kappa shape index (κ3) is 7.90. The van der Waals surface area contributed by atoms with Crippen LogP contribution in [0.2, 0.25) is 0 Å². The SMILES string of the molecule is Cc1nn(-c2[c-]c(Oc3[c-]c4c(cc3)c3cc(CCC(C)(C)C)ccc3n4-c3cc(CCC(C)C)ccn3)ccc2)c(C)c1-c1ccccc1.[Pt+2]. The van der Waals surface area contributed by atoms with Crippen molar-refractivity contribution in [3.8, 4) is 34.1 Å². The van der Waals surface area contributed by atoms with E-state index in [9.17, 15) is 0 Å². The zero-order chi connectivity index (χ0) is 35.0. The molecule has 0 aliphatic rings. The molecule has 3 aromatic heterocycles. The van der Waals surface area contributed by atoms with Crippen LogP contribution in [-0.4, -0.2) is 19.3 Å². The molecule has 4 aromatic carbocycles. The molecular formula is C45H46N4OPt. The molecule has 0 bridgehead atoms. The standard InChI is InChI=1S/C45H46N4O.Pt/c1-30(2)16-17-34-23-25-46-43(27-34)48-41-21-18-33(22-24-45(5,6)7)26-40(41)39-20-19-38(29-42(39)48)50-37-15-11-14-36(28-37)49-32(4)44(31(3)47-49)35-12-9-8-10-13-35;/h8-15,18-21,23,25-27,30H,16-17,22,24H2,1-7H3;/q-2;+2. The molecule has 0 aliphatic heterocycles. The van der Waals surface area contributed by atoms with Crippen LogP contribution < -0.4 is 4.74 Å². The van der Waals surface area contributed by atoms with Gasteiger partial charge in [-0.25, -0.2) is 4.98 Å². The molecule has 0 N–H and O–H groups in total. The number of benzene rings is 4. The van der Waals surface area contributed by atoms with Crippen LogP contribution in [-0.2, 0) is 33.9 Å². The minimum Gasteiger partial charge on any atom is -0.509 e. The molecule has 7 aromatic rings. The smallest absolute Gasteiger partial charge is 0.509 e. The van der Waals surface area contributed by atoms with Gasteiger partial charge in [0.1, 0.15) is 5.82 Å². The Labute approximate surface area is 317 Å². The Morgan fingerprint density at radius 2 is 1.55 bits per heavy atom. The van der Waals surface area contributed by atoms with Gasteiger partial charge in [0.2, 0.25) is 0 Å². The fourth-order valence-corrected chi connectivity index (χ4v) is 6.78. The van der Waals surface area contributed by atoms with Crippen LogP contribution in [0.15, 0.2) is 97.2 Å². The maximum atomic E-state index is 6.50. The predicted molar refractivity (Wildman–Crippen MR) is 206 cm³/mol. The van der Waals surface area contributed by atoms with Crippen LogP contribution in [0.1, 0.15) is 70.0 Å². The third-order valence-electron chi connectivity index (χ3n) is 9.48. The van der Waals surface area contributed by atoms with Gasteiger partial charge in [0.15, 0.2) is 0 Å². The van der Waals surface area contributed by atoms with Crippen molar-refractivity contribution < 1.29 is 25.8 Å². The van der Waals surface area contributed by atoms with E-state index in [4.69, 9.17) is 14.8 Å². The van der Waals surface area contributed by atoms with Crippen LogP contribution >= 0.6 is 0 Å². The van der Waals surface area contributed by atoms with Crippen LogP contribution in [0, 0.1) is 37.3 Å². The van der Waals surface area contributed by atoms with Gasteiger partial charge in [0.05, 0.1) is 5.69 Å². The number of rotatable bonds is 10. The van der Waals surface area contributed by atoms with Crippen molar-refractivity contribution in [2.45, 2.75) is 74.1 Å². The quantitative estimate of drug-likeness (QED) is 0.129. The van der Waals surface area contributed by atoms with E-state index in [0.29, 0.717) is 17.4 Å². The second-order valence-corrected chi connectivity index (χ2v) is 15.1. The van der Waals surface area contributed by atoms with Gasteiger partial charge in [-0.3, -0.25) is 4.68 Å². The molecule has 0 unspecified atom stereocenters. The summed E-state index contributed by atoms with van der Waals surface area (Å²) in [5.74, 6) is 2.77. The molecular weight excluding hydrogens is 808 g/mol. The van der Waals surface area contributed by atoms with Crippen LogP contribution in [0.3, 0.4) is 0 Å². The van der Waals surface area contributed by atoms with E-state index >= 15 is 0 Å². The molecule has 0 amide bonds. The predicted octanol–water partition coefficient (Wildman–Crippen LogP) is 11.6.